The molecule has 0 amide bonds. The molecule has 7 heteroatoms. The first kappa shape index (κ1) is 20.0. The van der Waals surface area contributed by atoms with Crippen LogP contribution in [0.25, 0.3) is 28.7 Å². The Kier molecular flexibility index (Phi) is 5.66. The lowest BCUT2D eigenvalue weighted by atomic mass is 10.2. The SMILES string of the molecule is O=c1c2ccccc2nc(/C=C/c2ccc(Cl)cc2Cl)n1-c1c(Cl)cccc1Cl. The molecule has 144 valence electrons. The van der Waals surface area contributed by atoms with Gasteiger partial charge in [0.25, 0.3) is 5.56 Å². The molecule has 0 atom stereocenters. The van der Waals surface area contributed by atoms with Gasteiger partial charge in [0, 0.05) is 10.0 Å². The van der Waals surface area contributed by atoms with E-state index in [4.69, 9.17) is 46.4 Å². The van der Waals surface area contributed by atoms with Crippen LogP contribution in [0.15, 0.2) is 65.5 Å². The summed E-state index contributed by atoms with van der Waals surface area (Å²) in [6.45, 7) is 0. The summed E-state index contributed by atoms with van der Waals surface area (Å²) < 4.78 is 1.41. The van der Waals surface area contributed by atoms with Crippen LogP contribution in [-0.2, 0) is 0 Å². The van der Waals surface area contributed by atoms with Crippen molar-refractivity contribution in [3.05, 3.63) is 102 Å². The van der Waals surface area contributed by atoms with Crippen LogP contribution in [0.2, 0.25) is 20.1 Å². The number of nitrogens with zero attached hydrogens (tertiary/aromatic N) is 2. The van der Waals surface area contributed by atoms with Gasteiger partial charge in [-0.2, -0.15) is 0 Å². The molecule has 29 heavy (non-hydrogen) atoms. The lowest BCUT2D eigenvalue weighted by molar-refractivity contribution is 0.944. The minimum absolute atomic E-state index is 0.271. The predicted molar refractivity (Wildman–Crippen MR) is 123 cm³/mol. The molecule has 0 saturated carbocycles. The highest BCUT2D eigenvalue weighted by molar-refractivity contribution is 6.38. The van der Waals surface area contributed by atoms with Crippen LogP contribution in [0.3, 0.4) is 0 Å². The number of aromatic nitrogens is 2. The summed E-state index contributed by atoms with van der Waals surface area (Å²) in [6, 6.07) is 17.3. The average molecular weight is 462 g/mol. The highest BCUT2D eigenvalue weighted by Crippen LogP contribution is 2.29. The summed E-state index contributed by atoms with van der Waals surface area (Å²) in [5.41, 5.74) is 1.41. The fourth-order valence-corrected chi connectivity index (χ4v) is 4.02. The second kappa shape index (κ2) is 8.21. The Morgan fingerprint density at radius 1 is 0.793 bits per heavy atom. The van der Waals surface area contributed by atoms with E-state index in [0.717, 1.165) is 5.56 Å². The summed E-state index contributed by atoms with van der Waals surface area (Å²) in [4.78, 5) is 18.0. The number of halogens is 4. The zero-order valence-electron chi connectivity index (χ0n) is 14.7. The van der Waals surface area contributed by atoms with Crippen molar-refractivity contribution in [3.8, 4) is 5.69 Å². The first-order chi connectivity index (χ1) is 14.0. The van der Waals surface area contributed by atoms with E-state index in [9.17, 15) is 4.79 Å². The summed E-state index contributed by atoms with van der Waals surface area (Å²) in [7, 11) is 0. The number of fused-ring (bicyclic) bond motifs is 1. The smallest absolute Gasteiger partial charge is 0.266 e. The van der Waals surface area contributed by atoms with E-state index >= 15 is 0 Å². The molecular weight excluding hydrogens is 450 g/mol. The zero-order valence-corrected chi connectivity index (χ0v) is 17.8. The maximum Gasteiger partial charge on any atom is 0.266 e. The van der Waals surface area contributed by atoms with Crippen molar-refractivity contribution in [3.63, 3.8) is 0 Å². The Balaban J connectivity index is 2.00. The Hall–Kier alpha value is -2.30. The number of rotatable bonds is 3. The molecule has 1 heterocycles. The van der Waals surface area contributed by atoms with Crippen molar-refractivity contribution in [2.75, 3.05) is 0 Å². The van der Waals surface area contributed by atoms with Gasteiger partial charge in [-0.25, -0.2) is 4.98 Å². The van der Waals surface area contributed by atoms with Crippen molar-refractivity contribution in [2.45, 2.75) is 0 Å². The molecule has 0 fully saturated rings. The van der Waals surface area contributed by atoms with Crippen LogP contribution < -0.4 is 5.56 Å². The molecule has 0 aliphatic carbocycles. The minimum Gasteiger partial charge on any atom is -0.268 e. The van der Waals surface area contributed by atoms with E-state index in [1.54, 1.807) is 66.7 Å². The highest BCUT2D eigenvalue weighted by atomic mass is 35.5. The molecule has 0 bridgehead atoms. The maximum absolute atomic E-state index is 13.3. The fraction of sp³-hybridized carbons (Fsp3) is 0. The molecule has 0 saturated heterocycles. The topological polar surface area (TPSA) is 34.9 Å². The Morgan fingerprint density at radius 3 is 2.24 bits per heavy atom. The van der Waals surface area contributed by atoms with Crippen molar-refractivity contribution in [2.24, 2.45) is 0 Å². The van der Waals surface area contributed by atoms with Crippen LogP contribution in [0.5, 0.6) is 0 Å². The van der Waals surface area contributed by atoms with E-state index < -0.39 is 0 Å². The molecule has 0 spiro atoms. The van der Waals surface area contributed by atoms with Gasteiger partial charge in [-0.05, 0) is 54.1 Å². The van der Waals surface area contributed by atoms with E-state index in [-0.39, 0.29) is 5.56 Å². The van der Waals surface area contributed by atoms with Crippen molar-refractivity contribution >= 4 is 69.5 Å². The van der Waals surface area contributed by atoms with E-state index in [1.807, 2.05) is 6.07 Å². The summed E-state index contributed by atoms with van der Waals surface area (Å²) in [5.74, 6) is 0.370. The molecular formula is C22H12Cl4N2O. The van der Waals surface area contributed by atoms with Gasteiger partial charge in [0.1, 0.15) is 5.82 Å². The van der Waals surface area contributed by atoms with Gasteiger partial charge < -0.3 is 0 Å². The standard InChI is InChI=1S/C22H12Cl4N2O/c23-14-10-8-13(18(26)12-14)9-11-20-27-19-7-2-1-4-15(19)22(29)28(20)21-16(24)5-3-6-17(21)25/h1-12H/b11-9+. The number of para-hydroxylation sites is 2. The normalized spacial score (nSPS) is 11.4. The van der Waals surface area contributed by atoms with Crippen LogP contribution in [0.4, 0.5) is 0 Å². The van der Waals surface area contributed by atoms with Gasteiger partial charge in [0.2, 0.25) is 0 Å². The molecule has 1 aromatic heterocycles. The predicted octanol–water partition coefficient (Wildman–Crippen LogP) is 7.17. The average Bonchev–Trinajstić information content (AvgIpc) is 2.69. The number of hydrogen-bond acceptors (Lipinski definition) is 2. The molecule has 0 aliphatic heterocycles. The van der Waals surface area contributed by atoms with Crippen LogP contribution in [0, 0.1) is 0 Å². The van der Waals surface area contributed by atoms with Gasteiger partial charge in [-0.15, -0.1) is 0 Å². The molecule has 3 aromatic carbocycles. The van der Waals surface area contributed by atoms with Crippen molar-refractivity contribution in [1.82, 2.24) is 9.55 Å². The van der Waals surface area contributed by atoms with E-state index in [2.05, 4.69) is 4.98 Å². The first-order valence-corrected chi connectivity index (χ1v) is 10.1. The summed E-state index contributed by atoms with van der Waals surface area (Å²) in [5, 5.41) is 2.17. The van der Waals surface area contributed by atoms with Crippen molar-refractivity contribution < 1.29 is 0 Å². The minimum atomic E-state index is -0.271. The molecule has 0 aliphatic rings. The zero-order chi connectivity index (χ0) is 20.5. The van der Waals surface area contributed by atoms with Gasteiger partial charge in [0.15, 0.2) is 0 Å². The van der Waals surface area contributed by atoms with Crippen molar-refractivity contribution in [1.29, 1.82) is 0 Å². The second-order valence-corrected chi connectivity index (χ2v) is 7.86. The third-order valence-electron chi connectivity index (χ3n) is 4.34. The maximum atomic E-state index is 13.3. The van der Waals surface area contributed by atoms with Gasteiger partial charge in [-0.1, -0.05) is 70.7 Å². The Morgan fingerprint density at radius 2 is 1.52 bits per heavy atom. The molecule has 0 N–H and O–H groups in total. The van der Waals surface area contributed by atoms with Gasteiger partial charge >= 0.3 is 0 Å². The second-order valence-electron chi connectivity index (χ2n) is 6.20. The lowest BCUT2D eigenvalue weighted by Crippen LogP contribution is -2.23. The summed E-state index contributed by atoms with van der Waals surface area (Å²) >= 11 is 25.0. The quantitative estimate of drug-likeness (QED) is 0.324. The third kappa shape index (κ3) is 3.92. The van der Waals surface area contributed by atoms with Gasteiger partial charge in [0.05, 0.1) is 26.6 Å². The number of hydrogen-bond donors (Lipinski definition) is 0. The van der Waals surface area contributed by atoms with Crippen LogP contribution >= 0.6 is 46.4 Å². The highest BCUT2D eigenvalue weighted by Gasteiger charge is 2.16. The molecule has 4 aromatic rings. The molecule has 0 unspecified atom stereocenters. The number of benzene rings is 3. The van der Waals surface area contributed by atoms with Gasteiger partial charge in [-0.3, -0.25) is 9.36 Å². The van der Waals surface area contributed by atoms with Crippen LogP contribution in [-0.4, -0.2) is 9.55 Å². The Labute approximate surface area is 186 Å². The van der Waals surface area contributed by atoms with Crippen LogP contribution in [0.1, 0.15) is 11.4 Å². The molecule has 0 radical (unpaired) electrons. The molecule has 3 nitrogen and oxygen atoms in total. The Bertz CT molecular complexity index is 1310. The third-order valence-corrected chi connectivity index (χ3v) is 5.51. The summed E-state index contributed by atoms with van der Waals surface area (Å²) in [6.07, 6.45) is 3.46. The fourth-order valence-electron chi connectivity index (χ4n) is 2.98. The van der Waals surface area contributed by atoms with E-state index in [1.165, 1.54) is 4.57 Å². The lowest BCUT2D eigenvalue weighted by Gasteiger charge is -2.14. The molecule has 4 rings (SSSR count). The first-order valence-electron chi connectivity index (χ1n) is 8.55. The largest absolute Gasteiger partial charge is 0.268 e. The monoisotopic (exact) mass is 460 g/mol. The van der Waals surface area contributed by atoms with E-state index in [0.29, 0.717) is 42.5 Å².